The molecule has 3 nitrogen and oxygen atoms in total. The summed E-state index contributed by atoms with van der Waals surface area (Å²) in [5, 5.41) is 3.83. The summed E-state index contributed by atoms with van der Waals surface area (Å²) < 4.78 is 0. The Bertz CT molecular complexity index is 611. The van der Waals surface area contributed by atoms with Gasteiger partial charge in [0.25, 0.3) is 0 Å². The summed E-state index contributed by atoms with van der Waals surface area (Å²) in [6.45, 7) is 3.71. The van der Waals surface area contributed by atoms with Crippen LogP contribution in [0.4, 0.5) is 0 Å². The van der Waals surface area contributed by atoms with Crippen molar-refractivity contribution in [1.29, 1.82) is 0 Å². The van der Waals surface area contributed by atoms with Gasteiger partial charge in [0.15, 0.2) is 11.6 Å². The van der Waals surface area contributed by atoms with E-state index in [1.165, 1.54) is 22.7 Å². The van der Waals surface area contributed by atoms with E-state index in [1.807, 2.05) is 74.1 Å². The van der Waals surface area contributed by atoms with Gasteiger partial charge in [-0.25, -0.2) is 0 Å². The highest BCUT2D eigenvalue weighted by molar-refractivity contribution is 7.12. The van der Waals surface area contributed by atoms with Crippen molar-refractivity contribution in [3.8, 4) is 0 Å². The number of nitrogens with zero attached hydrogens (tertiary/aromatic N) is 1. The number of rotatable bonds is 5. The molecule has 22 heavy (non-hydrogen) atoms. The Balaban J connectivity index is 0.000000235. The van der Waals surface area contributed by atoms with E-state index in [0.29, 0.717) is 6.42 Å². The van der Waals surface area contributed by atoms with Crippen molar-refractivity contribution in [2.75, 3.05) is 14.1 Å². The van der Waals surface area contributed by atoms with E-state index in [-0.39, 0.29) is 11.6 Å². The molecule has 2 aromatic heterocycles. The Kier molecular flexibility index (Phi) is 7.77. The van der Waals surface area contributed by atoms with Crippen LogP contribution in [-0.4, -0.2) is 30.6 Å². The van der Waals surface area contributed by atoms with E-state index in [4.69, 9.17) is 0 Å². The van der Waals surface area contributed by atoms with Gasteiger partial charge in [0, 0.05) is 32.3 Å². The van der Waals surface area contributed by atoms with Crippen LogP contribution < -0.4 is 0 Å². The molecule has 0 aliphatic carbocycles. The van der Waals surface area contributed by atoms with Crippen LogP contribution in [0.25, 0.3) is 0 Å². The molecule has 0 saturated heterocycles. The van der Waals surface area contributed by atoms with E-state index in [2.05, 4.69) is 0 Å². The van der Waals surface area contributed by atoms with Gasteiger partial charge in [-0.1, -0.05) is 19.1 Å². The highest BCUT2D eigenvalue weighted by Gasteiger charge is 2.08. The van der Waals surface area contributed by atoms with Gasteiger partial charge in [-0.2, -0.15) is 0 Å². The van der Waals surface area contributed by atoms with Gasteiger partial charge >= 0.3 is 0 Å². The van der Waals surface area contributed by atoms with Crippen molar-refractivity contribution in [3.63, 3.8) is 0 Å². The fourth-order valence-electron chi connectivity index (χ4n) is 1.66. The monoisotopic (exact) mass is 335 g/mol. The number of Topliss-reactive ketones (excluding diaryl/α,β-unsaturated/α-hetero) is 2. The molecule has 2 rings (SSSR count). The highest BCUT2D eigenvalue weighted by Crippen LogP contribution is 2.14. The van der Waals surface area contributed by atoms with Gasteiger partial charge < -0.3 is 4.90 Å². The van der Waals surface area contributed by atoms with Gasteiger partial charge in [-0.3, -0.25) is 9.59 Å². The second-order valence-corrected chi connectivity index (χ2v) is 6.73. The molecule has 118 valence electrons. The Morgan fingerprint density at radius 2 is 1.64 bits per heavy atom. The molecule has 5 heteroatoms. The number of allylic oxidation sites excluding steroid dienone is 1. The summed E-state index contributed by atoms with van der Waals surface area (Å²) in [5.41, 5.74) is 0.771. The lowest BCUT2D eigenvalue weighted by molar-refractivity contribution is 0.0990. The Labute approximate surface area is 139 Å². The first-order chi connectivity index (χ1) is 10.5. The SMILES string of the molecule is C/C(=C\N(C)C)C(=O)c1cccs1.CCC(=O)c1cccs1. The Hall–Kier alpha value is -1.72. The molecule has 0 N–H and O–H groups in total. The number of hydrogen-bond donors (Lipinski definition) is 0. The lowest BCUT2D eigenvalue weighted by Crippen LogP contribution is -2.06. The average molecular weight is 335 g/mol. The van der Waals surface area contributed by atoms with E-state index in [0.717, 1.165) is 15.3 Å². The smallest absolute Gasteiger partial charge is 0.200 e. The summed E-state index contributed by atoms with van der Waals surface area (Å²) >= 11 is 2.98. The number of thiophene rings is 2. The van der Waals surface area contributed by atoms with E-state index in [9.17, 15) is 9.59 Å². The Morgan fingerprint density at radius 3 is 2.05 bits per heavy atom. The molecular weight excluding hydrogens is 314 g/mol. The summed E-state index contributed by atoms with van der Waals surface area (Å²) in [6, 6.07) is 7.49. The molecule has 0 aromatic carbocycles. The van der Waals surface area contributed by atoms with Crippen molar-refractivity contribution in [3.05, 3.63) is 56.6 Å². The molecule has 0 aliphatic rings. The largest absolute Gasteiger partial charge is 0.383 e. The minimum absolute atomic E-state index is 0.115. The molecule has 0 fully saturated rings. The fraction of sp³-hybridized carbons (Fsp3) is 0.294. The molecule has 2 heterocycles. The molecule has 0 amide bonds. The van der Waals surface area contributed by atoms with E-state index in [1.54, 1.807) is 0 Å². The summed E-state index contributed by atoms with van der Waals surface area (Å²) in [4.78, 5) is 26.1. The maximum absolute atomic E-state index is 11.7. The zero-order chi connectivity index (χ0) is 16.5. The standard InChI is InChI=1S/C10H13NOS.C7H8OS/c1-8(7-11(2)3)10(12)9-5-4-6-13-9;1-2-6(8)7-4-3-5-9-7/h4-7H,1-3H3;3-5H,2H2,1H3/b8-7+;. The predicted octanol–water partition coefficient (Wildman–Crippen LogP) is 4.74. The maximum atomic E-state index is 11.7. The lowest BCUT2D eigenvalue weighted by atomic mass is 10.2. The van der Waals surface area contributed by atoms with E-state index >= 15 is 0 Å². The predicted molar refractivity (Wildman–Crippen MR) is 95.0 cm³/mol. The maximum Gasteiger partial charge on any atom is 0.200 e. The van der Waals surface area contributed by atoms with Crippen LogP contribution >= 0.6 is 22.7 Å². The lowest BCUT2D eigenvalue weighted by Gasteiger charge is -2.06. The molecule has 0 spiro atoms. The third-order valence-electron chi connectivity index (χ3n) is 2.67. The molecule has 0 unspecified atom stereocenters. The van der Waals surface area contributed by atoms with Crippen molar-refractivity contribution in [2.24, 2.45) is 0 Å². The van der Waals surface area contributed by atoms with Gasteiger partial charge in [0.1, 0.15) is 0 Å². The van der Waals surface area contributed by atoms with Crippen LogP contribution in [0.2, 0.25) is 0 Å². The van der Waals surface area contributed by atoms with Gasteiger partial charge in [-0.15, -0.1) is 22.7 Å². The van der Waals surface area contributed by atoms with E-state index < -0.39 is 0 Å². The molecule has 0 bridgehead atoms. The minimum Gasteiger partial charge on any atom is -0.383 e. The second-order valence-electron chi connectivity index (χ2n) is 4.84. The van der Waals surface area contributed by atoms with Crippen molar-refractivity contribution in [2.45, 2.75) is 20.3 Å². The van der Waals surface area contributed by atoms with Gasteiger partial charge in [0.2, 0.25) is 0 Å². The van der Waals surface area contributed by atoms with Crippen LogP contribution in [0.3, 0.4) is 0 Å². The van der Waals surface area contributed by atoms with Crippen molar-refractivity contribution in [1.82, 2.24) is 4.90 Å². The quantitative estimate of drug-likeness (QED) is 0.585. The van der Waals surface area contributed by atoms with Crippen molar-refractivity contribution >= 4 is 34.2 Å². The normalized spacial score (nSPS) is 10.6. The Morgan fingerprint density at radius 1 is 1.09 bits per heavy atom. The number of ketones is 2. The van der Waals surface area contributed by atoms with Crippen LogP contribution in [0.1, 0.15) is 39.6 Å². The third kappa shape index (κ3) is 5.95. The molecule has 2 aromatic rings. The topological polar surface area (TPSA) is 37.4 Å². The fourth-order valence-corrected chi connectivity index (χ4v) is 3.13. The summed E-state index contributed by atoms with van der Waals surface area (Å²) in [5.74, 6) is 0.355. The molecule has 0 saturated carbocycles. The number of carbonyl (C=O) groups excluding carboxylic acids is 2. The number of hydrogen-bond acceptors (Lipinski definition) is 5. The highest BCUT2D eigenvalue weighted by atomic mass is 32.1. The van der Waals surface area contributed by atoms with Gasteiger partial charge in [0.05, 0.1) is 9.75 Å². The van der Waals surface area contributed by atoms with Crippen LogP contribution in [0.5, 0.6) is 0 Å². The molecule has 0 atom stereocenters. The summed E-state index contributed by atoms with van der Waals surface area (Å²) in [7, 11) is 3.82. The minimum atomic E-state index is 0.115. The molecule has 0 aliphatic heterocycles. The van der Waals surface area contributed by atoms with Crippen LogP contribution in [0, 0.1) is 0 Å². The first-order valence-corrected chi connectivity index (χ1v) is 8.71. The molecular formula is C17H21NO2S2. The average Bonchev–Trinajstić information content (AvgIpc) is 3.18. The second kappa shape index (κ2) is 9.33. The van der Waals surface area contributed by atoms with Gasteiger partial charge in [-0.05, 0) is 29.8 Å². The first kappa shape index (κ1) is 18.3. The van der Waals surface area contributed by atoms with Crippen LogP contribution in [0.15, 0.2) is 46.8 Å². The first-order valence-electron chi connectivity index (χ1n) is 6.95. The number of carbonyl (C=O) groups is 2. The zero-order valence-corrected chi connectivity index (χ0v) is 15.0. The zero-order valence-electron chi connectivity index (χ0n) is 13.3. The molecule has 0 radical (unpaired) electrons. The third-order valence-corrected chi connectivity index (χ3v) is 4.45. The van der Waals surface area contributed by atoms with Crippen LogP contribution in [-0.2, 0) is 0 Å². The van der Waals surface area contributed by atoms with Crippen molar-refractivity contribution < 1.29 is 9.59 Å². The summed E-state index contributed by atoms with van der Waals surface area (Å²) in [6.07, 6.45) is 2.45.